The van der Waals surface area contributed by atoms with Gasteiger partial charge < -0.3 is 14.2 Å². The van der Waals surface area contributed by atoms with E-state index in [0.29, 0.717) is 6.42 Å². The van der Waals surface area contributed by atoms with Crippen LogP contribution in [0.15, 0.2) is 0 Å². The lowest BCUT2D eigenvalue weighted by Gasteiger charge is -2.32. The second kappa shape index (κ2) is 12.2. The Labute approximate surface area is 178 Å². The van der Waals surface area contributed by atoms with Crippen molar-refractivity contribution in [3.63, 3.8) is 0 Å². The Balaban J connectivity index is 4.29. The fourth-order valence-corrected chi connectivity index (χ4v) is 2.45. The quantitative estimate of drug-likeness (QED) is 0.171. The molecule has 0 spiro atoms. The molecule has 0 bridgehead atoms. The molecule has 31 heavy (non-hydrogen) atoms. The predicted molar refractivity (Wildman–Crippen MR) is 100 cm³/mol. The van der Waals surface area contributed by atoms with Gasteiger partial charge in [-0.3, -0.25) is 14.4 Å². The molecule has 0 aliphatic carbocycles. The van der Waals surface area contributed by atoms with Crippen molar-refractivity contribution >= 4 is 17.9 Å². The first-order chi connectivity index (χ1) is 14.0. The van der Waals surface area contributed by atoms with Crippen LogP contribution in [-0.2, 0) is 28.6 Å². The van der Waals surface area contributed by atoms with Gasteiger partial charge in [0.15, 0.2) is 6.61 Å². The van der Waals surface area contributed by atoms with E-state index in [1.807, 2.05) is 34.6 Å². The SMILES string of the molecule is CCC(C)(C)C(CC(C)C)C(=O)OCCOC(=O)CCC(=O)OCC(F)(F)C(F)(F)F. The molecular weight excluding hydrogens is 431 g/mol. The van der Waals surface area contributed by atoms with Gasteiger partial charge in [-0.15, -0.1) is 0 Å². The molecule has 0 saturated carbocycles. The summed E-state index contributed by atoms with van der Waals surface area (Å²) in [5, 5.41) is 0. The van der Waals surface area contributed by atoms with Gasteiger partial charge in [0, 0.05) is 0 Å². The van der Waals surface area contributed by atoms with Crippen molar-refractivity contribution in [2.24, 2.45) is 17.3 Å². The molecule has 0 aromatic heterocycles. The number of hydrogen-bond donors (Lipinski definition) is 0. The van der Waals surface area contributed by atoms with Crippen molar-refractivity contribution in [1.29, 1.82) is 0 Å². The Kier molecular flexibility index (Phi) is 11.4. The number of carbonyl (C=O) groups excluding carboxylic acids is 3. The number of alkyl halides is 5. The Hall–Kier alpha value is -1.94. The van der Waals surface area contributed by atoms with Crippen molar-refractivity contribution in [2.75, 3.05) is 19.8 Å². The van der Waals surface area contributed by atoms with Crippen LogP contribution in [0.3, 0.4) is 0 Å². The first-order valence-corrected chi connectivity index (χ1v) is 9.96. The van der Waals surface area contributed by atoms with Gasteiger partial charge in [0.1, 0.15) is 13.2 Å². The molecule has 0 fully saturated rings. The fraction of sp³-hybridized carbons (Fsp3) is 0.850. The van der Waals surface area contributed by atoms with Crippen molar-refractivity contribution in [3.8, 4) is 0 Å². The summed E-state index contributed by atoms with van der Waals surface area (Å²) in [7, 11) is 0. The molecule has 0 N–H and O–H groups in total. The number of ether oxygens (including phenoxy) is 3. The first-order valence-electron chi connectivity index (χ1n) is 9.96. The maximum Gasteiger partial charge on any atom is 0.456 e. The Bertz CT molecular complexity index is 601. The second-order valence-corrected chi connectivity index (χ2v) is 8.28. The van der Waals surface area contributed by atoms with Crippen molar-refractivity contribution in [3.05, 3.63) is 0 Å². The molecule has 0 heterocycles. The average molecular weight is 462 g/mol. The van der Waals surface area contributed by atoms with Crippen LogP contribution < -0.4 is 0 Å². The van der Waals surface area contributed by atoms with Gasteiger partial charge in [0.05, 0.1) is 18.8 Å². The van der Waals surface area contributed by atoms with E-state index in [2.05, 4.69) is 4.74 Å². The van der Waals surface area contributed by atoms with Crippen LogP contribution in [0.4, 0.5) is 22.0 Å². The molecule has 1 unspecified atom stereocenters. The summed E-state index contributed by atoms with van der Waals surface area (Å²) in [4.78, 5) is 35.2. The molecule has 0 amide bonds. The van der Waals surface area contributed by atoms with Crippen LogP contribution in [0.25, 0.3) is 0 Å². The van der Waals surface area contributed by atoms with Crippen molar-refractivity contribution < 1.29 is 50.5 Å². The minimum atomic E-state index is -5.84. The molecule has 0 saturated heterocycles. The second-order valence-electron chi connectivity index (χ2n) is 8.28. The van der Waals surface area contributed by atoms with E-state index in [-0.39, 0.29) is 30.5 Å². The van der Waals surface area contributed by atoms with E-state index >= 15 is 0 Å². The number of carbonyl (C=O) groups is 3. The van der Waals surface area contributed by atoms with Crippen LogP contribution in [0.2, 0.25) is 0 Å². The van der Waals surface area contributed by atoms with Gasteiger partial charge in [0.25, 0.3) is 0 Å². The van der Waals surface area contributed by atoms with Gasteiger partial charge in [-0.2, -0.15) is 22.0 Å². The standard InChI is InChI=1S/C20H31F5O6/c1-6-18(4,5)14(11-13(2)3)17(28)30-10-9-29-15(26)7-8-16(27)31-12-19(21,22)20(23,24)25/h13-14H,6-12H2,1-5H3. The van der Waals surface area contributed by atoms with Gasteiger partial charge in [-0.1, -0.05) is 41.0 Å². The van der Waals surface area contributed by atoms with Gasteiger partial charge in [-0.05, 0) is 17.8 Å². The molecule has 0 aromatic rings. The third-order valence-corrected chi connectivity index (χ3v) is 4.80. The Morgan fingerprint density at radius 2 is 1.32 bits per heavy atom. The smallest absolute Gasteiger partial charge is 0.456 e. The first kappa shape index (κ1) is 29.1. The molecule has 1 atom stereocenters. The van der Waals surface area contributed by atoms with Crippen LogP contribution in [0, 0.1) is 17.3 Å². The third kappa shape index (κ3) is 10.8. The molecular formula is C20H31F5O6. The highest BCUT2D eigenvalue weighted by Crippen LogP contribution is 2.36. The summed E-state index contributed by atoms with van der Waals surface area (Å²) in [5.41, 5.74) is -0.276. The zero-order valence-corrected chi connectivity index (χ0v) is 18.4. The molecule has 0 aliphatic rings. The van der Waals surface area contributed by atoms with E-state index < -0.39 is 49.5 Å². The molecule has 6 nitrogen and oxygen atoms in total. The summed E-state index contributed by atoms with van der Waals surface area (Å²) in [6.45, 7) is 7.22. The maximum atomic E-state index is 12.6. The normalized spacial score (nSPS) is 13.6. The summed E-state index contributed by atoms with van der Waals surface area (Å²) >= 11 is 0. The van der Waals surface area contributed by atoms with Crippen molar-refractivity contribution in [1.82, 2.24) is 0 Å². The lowest BCUT2D eigenvalue weighted by atomic mass is 9.73. The highest BCUT2D eigenvalue weighted by molar-refractivity contribution is 5.77. The van der Waals surface area contributed by atoms with E-state index in [0.717, 1.165) is 6.42 Å². The van der Waals surface area contributed by atoms with E-state index in [1.165, 1.54) is 0 Å². The lowest BCUT2D eigenvalue weighted by molar-refractivity contribution is -0.294. The minimum absolute atomic E-state index is 0.207. The topological polar surface area (TPSA) is 78.9 Å². The van der Waals surface area contributed by atoms with Crippen LogP contribution in [0.1, 0.15) is 60.3 Å². The number of halogens is 5. The molecule has 11 heteroatoms. The lowest BCUT2D eigenvalue weighted by Crippen LogP contribution is -2.41. The van der Waals surface area contributed by atoms with Crippen molar-refractivity contribution in [2.45, 2.75) is 72.4 Å². The summed E-state index contributed by atoms with van der Waals surface area (Å²) in [6.07, 6.45) is -5.75. The van der Waals surface area contributed by atoms with Crippen LogP contribution in [-0.4, -0.2) is 49.8 Å². The van der Waals surface area contributed by atoms with Crippen LogP contribution in [0.5, 0.6) is 0 Å². The molecule has 182 valence electrons. The predicted octanol–water partition coefficient (Wildman–Crippen LogP) is 4.69. The fourth-order valence-electron chi connectivity index (χ4n) is 2.45. The number of rotatable bonds is 13. The average Bonchev–Trinajstić information content (AvgIpc) is 2.64. The minimum Gasteiger partial charge on any atom is -0.462 e. The Morgan fingerprint density at radius 3 is 1.77 bits per heavy atom. The maximum absolute atomic E-state index is 12.6. The summed E-state index contributed by atoms with van der Waals surface area (Å²) in [6, 6.07) is 0. The monoisotopic (exact) mass is 462 g/mol. The zero-order chi connectivity index (χ0) is 24.5. The van der Waals surface area contributed by atoms with E-state index in [1.54, 1.807) is 0 Å². The van der Waals surface area contributed by atoms with Gasteiger partial charge in [-0.25, -0.2) is 0 Å². The largest absolute Gasteiger partial charge is 0.462 e. The highest BCUT2D eigenvalue weighted by Gasteiger charge is 2.58. The zero-order valence-electron chi connectivity index (χ0n) is 18.4. The molecule has 0 aliphatic heterocycles. The highest BCUT2D eigenvalue weighted by atomic mass is 19.4. The number of esters is 3. The van der Waals surface area contributed by atoms with Gasteiger partial charge >= 0.3 is 30.0 Å². The summed E-state index contributed by atoms with van der Waals surface area (Å²) in [5.74, 6) is -7.96. The molecule has 0 radical (unpaired) electrons. The summed E-state index contributed by atoms with van der Waals surface area (Å²) < 4.78 is 75.0. The van der Waals surface area contributed by atoms with E-state index in [4.69, 9.17) is 9.47 Å². The van der Waals surface area contributed by atoms with Crippen LogP contribution >= 0.6 is 0 Å². The molecule has 0 rings (SSSR count). The number of hydrogen-bond acceptors (Lipinski definition) is 6. The third-order valence-electron chi connectivity index (χ3n) is 4.80. The molecule has 0 aromatic carbocycles. The van der Waals surface area contributed by atoms with Gasteiger partial charge in [0.2, 0.25) is 0 Å². The van der Waals surface area contributed by atoms with E-state index in [9.17, 15) is 36.3 Å². The Morgan fingerprint density at radius 1 is 0.839 bits per heavy atom.